The molecule has 1 aromatic rings. The van der Waals surface area contributed by atoms with Crippen LogP contribution in [0.15, 0.2) is 24.3 Å². The molecule has 2 N–H and O–H groups in total. The highest BCUT2D eigenvalue weighted by Gasteiger charge is 2.07. The third-order valence-electron chi connectivity index (χ3n) is 2.89. The maximum absolute atomic E-state index is 12.0. The van der Waals surface area contributed by atoms with Crippen molar-refractivity contribution in [1.82, 2.24) is 0 Å². The van der Waals surface area contributed by atoms with Crippen molar-refractivity contribution in [2.75, 3.05) is 6.54 Å². The summed E-state index contributed by atoms with van der Waals surface area (Å²) >= 11 is 0. The molecule has 0 aromatic heterocycles. The van der Waals surface area contributed by atoms with Crippen molar-refractivity contribution < 1.29 is 9.53 Å². The molecule has 0 spiro atoms. The first kappa shape index (κ1) is 15.7. The van der Waals surface area contributed by atoms with Crippen LogP contribution >= 0.6 is 0 Å². The van der Waals surface area contributed by atoms with Crippen LogP contribution < -0.4 is 10.5 Å². The maximum Gasteiger partial charge on any atom is 0.163 e. The van der Waals surface area contributed by atoms with Gasteiger partial charge in [-0.15, -0.1) is 0 Å². The van der Waals surface area contributed by atoms with Gasteiger partial charge in [0.2, 0.25) is 0 Å². The summed E-state index contributed by atoms with van der Waals surface area (Å²) in [6.07, 6.45) is 4.91. The number of unbranched alkanes of at least 4 members (excludes halogenated alkanes) is 3. The lowest BCUT2D eigenvalue weighted by Crippen LogP contribution is -2.06. The van der Waals surface area contributed by atoms with Gasteiger partial charge < -0.3 is 10.5 Å². The van der Waals surface area contributed by atoms with E-state index < -0.39 is 0 Å². The standard InChI is InChI=1S/C16H25NO2/c1-13(2)19-15-9-7-8-14(12-15)16(18)10-5-3-4-6-11-17/h7-9,12-13H,3-6,10-11,17H2,1-2H3. The summed E-state index contributed by atoms with van der Waals surface area (Å²) in [5.74, 6) is 0.964. The van der Waals surface area contributed by atoms with Crippen molar-refractivity contribution in [1.29, 1.82) is 0 Å². The van der Waals surface area contributed by atoms with E-state index in [2.05, 4.69) is 0 Å². The van der Waals surface area contributed by atoms with E-state index in [0.717, 1.165) is 43.5 Å². The van der Waals surface area contributed by atoms with Gasteiger partial charge in [0.1, 0.15) is 5.75 Å². The van der Waals surface area contributed by atoms with Crippen LogP contribution in [0.2, 0.25) is 0 Å². The Morgan fingerprint density at radius 2 is 1.95 bits per heavy atom. The summed E-state index contributed by atoms with van der Waals surface area (Å²) in [6.45, 7) is 4.69. The SMILES string of the molecule is CC(C)Oc1cccc(C(=O)CCCCCCN)c1. The number of hydrogen-bond acceptors (Lipinski definition) is 3. The van der Waals surface area contributed by atoms with Crippen LogP contribution in [0.25, 0.3) is 0 Å². The lowest BCUT2D eigenvalue weighted by Gasteiger charge is -2.10. The van der Waals surface area contributed by atoms with Crippen LogP contribution in [0.1, 0.15) is 56.3 Å². The topological polar surface area (TPSA) is 52.3 Å². The lowest BCUT2D eigenvalue weighted by atomic mass is 10.0. The zero-order valence-electron chi connectivity index (χ0n) is 12.0. The average molecular weight is 263 g/mol. The predicted molar refractivity (Wildman–Crippen MR) is 78.7 cm³/mol. The van der Waals surface area contributed by atoms with Crippen LogP contribution in [0.4, 0.5) is 0 Å². The third-order valence-corrected chi connectivity index (χ3v) is 2.89. The Balaban J connectivity index is 2.43. The largest absolute Gasteiger partial charge is 0.491 e. The summed E-state index contributed by atoms with van der Waals surface area (Å²) in [5, 5.41) is 0. The van der Waals surface area contributed by atoms with Gasteiger partial charge in [0.05, 0.1) is 6.10 Å². The van der Waals surface area contributed by atoms with Crippen LogP contribution in [0.5, 0.6) is 5.75 Å². The second-order valence-corrected chi connectivity index (χ2v) is 5.07. The summed E-state index contributed by atoms with van der Waals surface area (Å²) in [4.78, 5) is 12.0. The van der Waals surface area contributed by atoms with Gasteiger partial charge in [-0.3, -0.25) is 4.79 Å². The molecule has 0 amide bonds. The van der Waals surface area contributed by atoms with Crippen molar-refractivity contribution in [2.24, 2.45) is 5.73 Å². The summed E-state index contributed by atoms with van der Waals surface area (Å²) in [5.41, 5.74) is 6.18. The molecule has 1 aromatic carbocycles. The predicted octanol–water partition coefficient (Wildman–Crippen LogP) is 3.57. The third kappa shape index (κ3) is 6.39. The van der Waals surface area contributed by atoms with Crippen molar-refractivity contribution >= 4 is 5.78 Å². The molecule has 0 aliphatic carbocycles. The Hall–Kier alpha value is -1.35. The van der Waals surface area contributed by atoms with E-state index >= 15 is 0 Å². The molecule has 0 radical (unpaired) electrons. The minimum absolute atomic E-state index is 0.126. The zero-order valence-corrected chi connectivity index (χ0v) is 12.0. The molecular weight excluding hydrogens is 238 g/mol. The molecule has 0 fully saturated rings. The van der Waals surface area contributed by atoms with E-state index in [0.29, 0.717) is 6.42 Å². The van der Waals surface area contributed by atoms with Crippen molar-refractivity contribution in [2.45, 2.75) is 52.1 Å². The monoisotopic (exact) mass is 263 g/mol. The number of benzene rings is 1. The molecule has 0 bridgehead atoms. The molecule has 0 aliphatic heterocycles. The van der Waals surface area contributed by atoms with E-state index in [4.69, 9.17) is 10.5 Å². The summed E-state index contributed by atoms with van der Waals surface area (Å²) in [6, 6.07) is 7.45. The molecule has 19 heavy (non-hydrogen) atoms. The highest BCUT2D eigenvalue weighted by Crippen LogP contribution is 2.17. The average Bonchev–Trinajstić information content (AvgIpc) is 2.38. The molecule has 0 atom stereocenters. The Labute approximate surface area is 116 Å². The van der Waals surface area contributed by atoms with E-state index in [9.17, 15) is 4.79 Å². The van der Waals surface area contributed by atoms with E-state index in [1.54, 1.807) is 0 Å². The van der Waals surface area contributed by atoms with Crippen LogP contribution in [-0.4, -0.2) is 18.4 Å². The van der Waals surface area contributed by atoms with Crippen LogP contribution in [0, 0.1) is 0 Å². The first-order valence-corrected chi connectivity index (χ1v) is 7.13. The zero-order chi connectivity index (χ0) is 14.1. The molecule has 0 saturated heterocycles. The normalized spacial score (nSPS) is 10.7. The van der Waals surface area contributed by atoms with Gasteiger partial charge in [-0.25, -0.2) is 0 Å². The molecule has 3 nitrogen and oxygen atoms in total. The minimum Gasteiger partial charge on any atom is -0.491 e. The van der Waals surface area contributed by atoms with Gasteiger partial charge in [-0.05, 0) is 45.4 Å². The molecule has 3 heteroatoms. The maximum atomic E-state index is 12.0. The molecule has 0 aliphatic rings. The quantitative estimate of drug-likeness (QED) is 0.547. The van der Waals surface area contributed by atoms with Gasteiger partial charge in [-0.2, -0.15) is 0 Å². The smallest absolute Gasteiger partial charge is 0.163 e. The molecule has 0 heterocycles. The Kier molecular flexibility index (Phi) is 7.19. The van der Waals surface area contributed by atoms with Gasteiger partial charge in [0.15, 0.2) is 5.78 Å². The summed E-state index contributed by atoms with van der Waals surface area (Å²) < 4.78 is 5.60. The number of ketones is 1. The van der Waals surface area contributed by atoms with Crippen LogP contribution in [-0.2, 0) is 0 Å². The Morgan fingerprint density at radius 3 is 2.63 bits per heavy atom. The molecule has 106 valence electrons. The highest BCUT2D eigenvalue weighted by molar-refractivity contribution is 5.96. The Bertz CT molecular complexity index is 388. The van der Waals surface area contributed by atoms with E-state index in [1.165, 1.54) is 0 Å². The van der Waals surface area contributed by atoms with Gasteiger partial charge >= 0.3 is 0 Å². The van der Waals surface area contributed by atoms with Gasteiger partial charge in [0.25, 0.3) is 0 Å². The lowest BCUT2D eigenvalue weighted by molar-refractivity contribution is 0.0978. The number of Topliss-reactive ketones (excluding diaryl/α,β-unsaturated/α-hetero) is 1. The number of ether oxygens (including phenoxy) is 1. The molecule has 0 saturated carbocycles. The van der Waals surface area contributed by atoms with Crippen LogP contribution in [0.3, 0.4) is 0 Å². The first-order chi connectivity index (χ1) is 9.13. The van der Waals surface area contributed by atoms with Gasteiger partial charge in [-0.1, -0.05) is 25.0 Å². The number of hydrogen-bond donors (Lipinski definition) is 1. The second kappa shape index (κ2) is 8.70. The highest BCUT2D eigenvalue weighted by atomic mass is 16.5. The van der Waals surface area contributed by atoms with Gasteiger partial charge in [0, 0.05) is 12.0 Å². The van der Waals surface area contributed by atoms with Crippen molar-refractivity contribution in [3.05, 3.63) is 29.8 Å². The number of carbonyl (C=O) groups excluding carboxylic acids is 1. The van der Waals surface area contributed by atoms with Crippen molar-refractivity contribution in [3.8, 4) is 5.75 Å². The Morgan fingerprint density at radius 1 is 1.21 bits per heavy atom. The number of carbonyl (C=O) groups is 1. The van der Waals surface area contributed by atoms with E-state index in [-0.39, 0.29) is 11.9 Å². The summed E-state index contributed by atoms with van der Waals surface area (Å²) in [7, 11) is 0. The van der Waals surface area contributed by atoms with E-state index in [1.807, 2.05) is 38.1 Å². The fraction of sp³-hybridized carbons (Fsp3) is 0.562. The second-order valence-electron chi connectivity index (χ2n) is 5.07. The first-order valence-electron chi connectivity index (χ1n) is 7.13. The molecule has 0 unspecified atom stereocenters. The fourth-order valence-corrected chi connectivity index (χ4v) is 1.94. The minimum atomic E-state index is 0.126. The number of nitrogens with two attached hydrogens (primary N) is 1. The number of rotatable bonds is 9. The van der Waals surface area contributed by atoms with Crippen molar-refractivity contribution in [3.63, 3.8) is 0 Å². The molecule has 1 rings (SSSR count). The molecular formula is C16H25NO2. The fourth-order valence-electron chi connectivity index (χ4n) is 1.94.